The van der Waals surface area contributed by atoms with E-state index in [2.05, 4.69) is 22.0 Å². The van der Waals surface area contributed by atoms with E-state index in [1.54, 1.807) is 19.1 Å². The van der Waals surface area contributed by atoms with E-state index in [0.717, 1.165) is 0 Å². The zero-order valence-electron chi connectivity index (χ0n) is 8.17. The molecule has 0 unspecified atom stereocenters. The summed E-state index contributed by atoms with van der Waals surface area (Å²) < 4.78 is 8.60. The third kappa shape index (κ3) is 18.6. The van der Waals surface area contributed by atoms with Gasteiger partial charge in [-0.1, -0.05) is 25.3 Å². The molecule has 1 aromatic heterocycles. The summed E-state index contributed by atoms with van der Waals surface area (Å²) in [7, 11) is 0. The second-order valence-electron chi connectivity index (χ2n) is 1.95. The number of allylic oxidation sites excluding steroid dienone is 2. The summed E-state index contributed by atoms with van der Waals surface area (Å²) in [4.78, 5) is 18.5. The smallest absolute Gasteiger partial charge is 0.450 e. The van der Waals surface area contributed by atoms with Gasteiger partial charge in [0, 0.05) is 0 Å². The second kappa shape index (κ2) is 9.85. The fraction of sp³-hybridized carbons (Fsp3) is 0.111. The van der Waals surface area contributed by atoms with Crippen LogP contribution in [0.25, 0.3) is 0 Å². The fourth-order valence-electron chi connectivity index (χ4n) is 0.311. The van der Waals surface area contributed by atoms with Gasteiger partial charge in [-0.05, 0) is 6.92 Å². The van der Waals surface area contributed by atoms with Gasteiger partial charge in [-0.15, -0.1) is 0 Å². The topological polar surface area (TPSA) is 101 Å². The molecule has 84 valence electrons. The Morgan fingerprint density at radius 1 is 1.40 bits per heavy atom. The molecule has 15 heavy (non-hydrogen) atoms. The van der Waals surface area contributed by atoms with Gasteiger partial charge in [-0.25, -0.2) is 9.59 Å². The van der Waals surface area contributed by atoms with Gasteiger partial charge in [0.05, 0.1) is 0 Å². The molecule has 0 radical (unpaired) electrons. The Kier molecular flexibility index (Phi) is 10.0. The van der Waals surface area contributed by atoms with Crippen LogP contribution in [-0.2, 0) is 0 Å². The summed E-state index contributed by atoms with van der Waals surface area (Å²) >= 11 is 0. The van der Waals surface area contributed by atoms with Crippen LogP contribution in [0.15, 0.2) is 45.2 Å². The molecule has 0 atom stereocenters. The molecule has 0 bridgehead atoms. The average Bonchev–Trinajstić information content (AvgIpc) is 2.49. The predicted octanol–water partition coefficient (Wildman–Crippen LogP) is 2.12. The summed E-state index contributed by atoms with van der Waals surface area (Å²) in [5.41, 5.74) is 0. The lowest BCUT2D eigenvalue weighted by Crippen LogP contribution is -1.84. The minimum atomic E-state index is -1.83. The zero-order valence-corrected chi connectivity index (χ0v) is 8.17. The van der Waals surface area contributed by atoms with Gasteiger partial charge >= 0.3 is 12.0 Å². The summed E-state index contributed by atoms with van der Waals surface area (Å²) in [6.07, 6.45) is 2.71. The van der Waals surface area contributed by atoms with E-state index >= 15 is 0 Å². The molecule has 0 aliphatic heterocycles. The molecule has 1 rings (SSSR count). The zero-order chi connectivity index (χ0) is 12.3. The van der Waals surface area contributed by atoms with Crippen molar-refractivity contribution in [1.82, 2.24) is 0 Å². The third-order valence-electron chi connectivity index (χ3n) is 0.732. The predicted molar refractivity (Wildman–Crippen MR) is 53.0 cm³/mol. The molecule has 2 N–H and O–H groups in total. The number of rotatable bonds is 1. The lowest BCUT2D eigenvalue weighted by Gasteiger charge is -1.63. The molecule has 1 aromatic rings. The van der Waals surface area contributed by atoms with Crippen LogP contribution in [0.4, 0.5) is 4.79 Å². The number of hydrogen-bond acceptors (Lipinski definition) is 4. The van der Waals surface area contributed by atoms with Crippen LogP contribution in [0.1, 0.15) is 5.76 Å². The summed E-state index contributed by atoms with van der Waals surface area (Å²) in [5.74, 6) is -0.137. The Morgan fingerprint density at radius 2 is 1.80 bits per heavy atom. The van der Waals surface area contributed by atoms with Gasteiger partial charge in [0.15, 0.2) is 0 Å². The van der Waals surface area contributed by atoms with E-state index in [4.69, 9.17) is 15.0 Å². The first-order valence-corrected chi connectivity index (χ1v) is 3.64. The third-order valence-corrected chi connectivity index (χ3v) is 0.732. The molecular weight excluding hydrogens is 204 g/mol. The van der Waals surface area contributed by atoms with Crippen molar-refractivity contribution in [2.45, 2.75) is 6.92 Å². The first kappa shape index (κ1) is 15.2. The van der Waals surface area contributed by atoms with Gasteiger partial charge in [-0.2, -0.15) is 0 Å². The van der Waals surface area contributed by atoms with E-state index in [9.17, 15) is 4.79 Å². The highest BCUT2D eigenvalue weighted by Crippen LogP contribution is 1.87. The van der Waals surface area contributed by atoms with Crippen molar-refractivity contribution in [2.24, 2.45) is 0 Å². The number of carboxylic acid groups (broad SMARTS) is 2. The standard InChI is InChI=1S/C4H4O3.C4H6.CH2O3/c1-3-2-6-4(5)7-3;1-3-4-2;2-1(3)4/h2H,1H3;3-4H,1-2H2;(H2,2,3,4). The van der Waals surface area contributed by atoms with E-state index in [0.29, 0.717) is 5.76 Å². The molecule has 6 nitrogen and oxygen atoms in total. The second-order valence-corrected chi connectivity index (χ2v) is 1.95. The lowest BCUT2D eigenvalue weighted by molar-refractivity contribution is 0.137. The monoisotopic (exact) mass is 216 g/mol. The molecule has 0 aromatic carbocycles. The summed E-state index contributed by atoms with van der Waals surface area (Å²) in [5, 5.41) is 13.9. The molecule has 0 amide bonds. The average molecular weight is 216 g/mol. The number of aryl methyl sites for hydroxylation is 1. The van der Waals surface area contributed by atoms with Crippen LogP contribution >= 0.6 is 0 Å². The van der Waals surface area contributed by atoms with Gasteiger partial charge in [0.1, 0.15) is 12.0 Å². The molecule has 1 heterocycles. The molecule has 0 spiro atoms. The first-order valence-electron chi connectivity index (χ1n) is 3.64. The van der Waals surface area contributed by atoms with E-state index in [1.165, 1.54) is 6.26 Å². The number of carbonyl (C=O) groups is 1. The Balaban J connectivity index is 0. The quantitative estimate of drug-likeness (QED) is 0.697. The van der Waals surface area contributed by atoms with E-state index in [1.807, 2.05) is 0 Å². The summed E-state index contributed by atoms with van der Waals surface area (Å²) in [6, 6.07) is 0. The van der Waals surface area contributed by atoms with Gasteiger partial charge < -0.3 is 19.0 Å². The van der Waals surface area contributed by atoms with E-state index in [-0.39, 0.29) is 0 Å². The van der Waals surface area contributed by atoms with Crippen molar-refractivity contribution in [2.75, 3.05) is 0 Å². The fourth-order valence-corrected chi connectivity index (χ4v) is 0.311. The highest BCUT2D eigenvalue weighted by molar-refractivity contribution is 5.53. The molecule has 0 fully saturated rings. The van der Waals surface area contributed by atoms with Gasteiger partial charge in [0.25, 0.3) is 0 Å². The van der Waals surface area contributed by atoms with Gasteiger partial charge in [-0.3, -0.25) is 0 Å². The van der Waals surface area contributed by atoms with Crippen LogP contribution in [-0.4, -0.2) is 16.4 Å². The van der Waals surface area contributed by atoms with Crippen molar-refractivity contribution in [3.8, 4) is 0 Å². The van der Waals surface area contributed by atoms with Gasteiger partial charge in [0.2, 0.25) is 0 Å². The minimum Gasteiger partial charge on any atom is -0.450 e. The maximum Gasteiger partial charge on any atom is 0.518 e. The maximum atomic E-state index is 9.96. The van der Waals surface area contributed by atoms with E-state index < -0.39 is 12.0 Å². The highest BCUT2D eigenvalue weighted by atomic mass is 16.6. The summed E-state index contributed by atoms with van der Waals surface area (Å²) in [6.45, 7) is 8.37. The Morgan fingerprint density at radius 3 is 1.87 bits per heavy atom. The molecule has 0 aliphatic rings. The molecule has 6 heteroatoms. The van der Waals surface area contributed by atoms with Crippen molar-refractivity contribution in [3.05, 3.63) is 48.0 Å². The Hall–Kier alpha value is -2.24. The van der Waals surface area contributed by atoms with Crippen molar-refractivity contribution < 1.29 is 23.8 Å². The molecular formula is C9H12O6. The van der Waals surface area contributed by atoms with Crippen LogP contribution < -0.4 is 5.82 Å². The first-order chi connectivity index (χ1) is 6.93. The van der Waals surface area contributed by atoms with Crippen molar-refractivity contribution in [1.29, 1.82) is 0 Å². The van der Waals surface area contributed by atoms with Crippen molar-refractivity contribution in [3.63, 3.8) is 0 Å². The lowest BCUT2D eigenvalue weighted by atomic mass is 10.6. The molecule has 0 saturated carbocycles. The van der Waals surface area contributed by atoms with Crippen LogP contribution in [0.2, 0.25) is 0 Å². The highest BCUT2D eigenvalue weighted by Gasteiger charge is 1.88. The van der Waals surface area contributed by atoms with Crippen LogP contribution in [0.3, 0.4) is 0 Å². The normalized spacial score (nSPS) is 7.27. The van der Waals surface area contributed by atoms with Crippen LogP contribution in [0.5, 0.6) is 0 Å². The van der Waals surface area contributed by atoms with Crippen molar-refractivity contribution >= 4 is 6.16 Å². The largest absolute Gasteiger partial charge is 0.518 e. The molecule has 0 aliphatic carbocycles. The minimum absolute atomic E-state index is 0.505. The van der Waals surface area contributed by atoms with Crippen LogP contribution in [0, 0.1) is 6.92 Å². The molecule has 0 saturated heterocycles. The number of hydrogen-bond donors (Lipinski definition) is 2. The Bertz CT molecular complexity index is 335. The SMILES string of the molecule is C=CC=C.Cc1coc(=O)o1.O=C(O)O. The Labute approximate surface area is 85.8 Å². The maximum absolute atomic E-state index is 9.96.